The molecule has 1 unspecified atom stereocenters. The van der Waals surface area contributed by atoms with Crippen LogP contribution in [0.3, 0.4) is 0 Å². The van der Waals surface area contributed by atoms with Crippen molar-refractivity contribution in [2.45, 2.75) is 26.7 Å². The Hall–Kier alpha value is -1.32. The third-order valence-electron chi connectivity index (χ3n) is 2.01. The first-order valence-corrected chi connectivity index (χ1v) is 4.33. The van der Waals surface area contributed by atoms with Gasteiger partial charge in [-0.3, -0.25) is 9.89 Å². The number of aryl methyl sites for hydroxylation is 2. The lowest BCUT2D eigenvalue weighted by molar-refractivity contribution is -0.141. The maximum absolute atomic E-state index is 10.5. The highest BCUT2D eigenvalue weighted by Gasteiger charge is 2.11. The predicted molar refractivity (Wildman–Crippen MR) is 48.4 cm³/mol. The van der Waals surface area contributed by atoms with Crippen LogP contribution in [0.2, 0.25) is 0 Å². The second-order valence-electron chi connectivity index (χ2n) is 3.32. The normalized spacial score (nSPS) is 12.8. The molecule has 1 atom stereocenters. The summed E-state index contributed by atoms with van der Waals surface area (Å²) in [7, 11) is 0. The average Bonchev–Trinajstić information content (AvgIpc) is 2.47. The molecule has 4 nitrogen and oxygen atoms in total. The Morgan fingerprint density at radius 2 is 2.46 bits per heavy atom. The van der Waals surface area contributed by atoms with Crippen molar-refractivity contribution in [3.63, 3.8) is 0 Å². The molecule has 0 spiro atoms. The Kier molecular flexibility index (Phi) is 3.06. The van der Waals surface area contributed by atoms with Crippen LogP contribution in [0.1, 0.15) is 24.7 Å². The summed E-state index contributed by atoms with van der Waals surface area (Å²) in [6.07, 6.45) is 1.36. The summed E-state index contributed by atoms with van der Waals surface area (Å²) in [6.45, 7) is 3.64. The van der Waals surface area contributed by atoms with Crippen LogP contribution in [-0.2, 0) is 11.2 Å². The van der Waals surface area contributed by atoms with E-state index in [9.17, 15) is 4.79 Å². The van der Waals surface area contributed by atoms with Crippen LogP contribution in [0.5, 0.6) is 0 Å². The number of H-pyrrole nitrogens is 1. The molecule has 0 saturated carbocycles. The summed E-state index contributed by atoms with van der Waals surface area (Å²) in [5, 5.41) is 15.5. The van der Waals surface area contributed by atoms with Crippen molar-refractivity contribution in [1.82, 2.24) is 10.2 Å². The monoisotopic (exact) mass is 182 g/mol. The van der Waals surface area contributed by atoms with E-state index in [1.54, 1.807) is 6.92 Å². The molecular formula is C9H14N2O2. The number of hydrogen-bond acceptors (Lipinski definition) is 2. The Labute approximate surface area is 77.0 Å². The first-order valence-electron chi connectivity index (χ1n) is 4.33. The highest BCUT2D eigenvalue weighted by Crippen LogP contribution is 2.08. The first-order chi connectivity index (χ1) is 6.09. The molecule has 0 saturated heterocycles. The number of carbonyl (C=O) groups is 1. The summed E-state index contributed by atoms with van der Waals surface area (Å²) in [5.41, 5.74) is 1.95. The summed E-state index contributed by atoms with van der Waals surface area (Å²) < 4.78 is 0. The topological polar surface area (TPSA) is 66.0 Å². The van der Waals surface area contributed by atoms with Gasteiger partial charge in [0, 0.05) is 5.69 Å². The summed E-state index contributed by atoms with van der Waals surface area (Å²) >= 11 is 0. The molecular weight excluding hydrogens is 168 g/mol. The number of nitrogens with one attached hydrogen (secondary N) is 1. The van der Waals surface area contributed by atoms with Crippen molar-refractivity contribution < 1.29 is 9.90 Å². The van der Waals surface area contributed by atoms with E-state index in [2.05, 4.69) is 10.2 Å². The van der Waals surface area contributed by atoms with E-state index in [1.807, 2.05) is 13.0 Å². The molecule has 0 aliphatic heterocycles. The molecule has 0 amide bonds. The van der Waals surface area contributed by atoms with Crippen molar-refractivity contribution in [3.05, 3.63) is 17.5 Å². The highest BCUT2D eigenvalue weighted by molar-refractivity contribution is 5.69. The summed E-state index contributed by atoms with van der Waals surface area (Å²) in [4.78, 5) is 10.5. The van der Waals surface area contributed by atoms with Crippen LogP contribution in [0, 0.1) is 12.8 Å². The van der Waals surface area contributed by atoms with Gasteiger partial charge in [-0.15, -0.1) is 0 Å². The van der Waals surface area contributed by atoms with Crippen LogP contribution in [0.25, 0.3) is 0 Å². The lowest BCUT2D eigenvalue weighted by Gasteiger charge is -2.02. The highest BCUT2D eigenvalue weighted by atomic mass is 16.4. The van der Waals surface area contributed by atoms with Gasteiger partial charge in [-0.2, -0.15) is 5.10 Å². The van der Waals surface area contributed by atoms with Gasteiger partial charge in [0.05, 0.1) is 11.6 Å². The number of aromatic amines is 1. The van der Waals surface area contributed by atoms with E-state index < -0.39 is 5.97 Å². The van der Waals surface area contributed by atoms with Crippen LogP contribution >= 0.6 is 0 Å². The van der Waals surface area contributed by atoms with E-state index in [0.29, 0.717) is 6.42 Å². The Balaban J connectivity index is 2.39. The molecule has 0 aliphatic rings. The molecule has 72 valence electrons. The molecule has 0 fully saturated rings. The number of aromatic nitrogens is 2. The van der Waals surface area contributed by atoms with Crippen LogP contribution in [-0.4, -0.2) is 21.3 Å². The van der Waals surface area contributed by atoms with E-state index >= 15 is 0 Å². The number of rotatable bonds is 4. The number of nitrogens with zero attached hydrogens (tertiary/aromatic N) is 1. The SMILES string of the molecule is Cc1cc(CCC(C)C(=O)O)n[nH]1. The van der Waals surface area contributed by atoms with E-state index in [-0.39, 0.29) is 5.92 Å². The Morgan fingerprint density at radius 3 is 2.92 bits per heavy atom. The Bertz CT molecular complexity index is 294. The number of carboxylic acids is 1. The predicted octanol–water partition coefficient (Wildman–Crippen LogP) is 1.37. The second kappa shape index (κ2) is 4.07. The van der Waals surface area contributed by atoms with E-state index in [4.69, 9.17) is 5.11 Å². The zero-order chi connectivity index (χ0) is 9.84. The molecule has 0 aromatic carbocycles. The molecule has 1 rings (SSSR count). The minimum atomic E-state index is -0.743. The quantitative estimate of drug-likeness (QED) is 0.739. The van der Waals surface area contributed by atoms with Crippen molar-refractivity contribution in [2.75, 3.05) is 0 Å². The van der Waals surface area contributed by atoms with Crippen molar-refractivity contribution in [2.24, 2.45) is 5.92 Å². The number of aliphatic carboxylic acids is 1. The van der Waals surface area contributed by atoms with Gasteiger partial charge in [0.1, 0.15) is 0 Å². The summed E-state index contributed by atoms with van der Waals surface area (Å²) in [5.74, 6) is -1.04. The van der Waals surface area contributed by atoms with Gasteiger partial charge in [0.15, 0.2) is 0 Å². The minimum absolute atomic E-state index is 0.294. The fourth-order valence-electron chi connectivity index (χ4n) is 1.09. The first kappa shape index (κ1) is 9.77. The fourth-order valence-corrected chi connectivity index (χ4v) is 1.09. The molecule has 1 aromatic rings. The third kappa shape index (κ3) is 2.89. The molecule has 0 aliphatic carbocycles. The molecule has 1 aromatic heterocycles. The molecule has 1 heterocycles. The minimum Gasteiger partial charge on any atom is -0.481 e. The van der Waals surface area contributed by atoms with Crippen molar-refractivity contribution in [1.29, 1.82) is 0 Å². The lowest BCUT2D eigenvalue weighted by Crippen LogP contribution is -2.10. The molecule has 0 radical (unpaired) electrons. The third-order valence-corrected chi connectivity index (χ3v) is 2.01. The second-order valence-corrected chi connectivity index (χ2v) is 3.32. The standard InChI is InChI=1S/C9H14N2O2/c1-6(9(12)13)3-4-8-5-7(2)10-11-8/h5-6H,3-4H2,1-2H3,(H,10,11)(H,12,13). The molecule has 0 bridgehead atoms. The van der Waals surface area contributed by atoms with Gasteiger partial charge in [0.2, 0.25) is 0 Å². The largest absolute Gasteiger partial charge is 0.481 e. The van der Waals surface area contributed by atoms with Gasteiger partial charge in [-0.1, -0.05) is 6.92 Å². The van der Waals surface area contributed by atoms with Gasteiger partial charge < -0.3 is 5.11 Å². The fraction of sp³-hybridized carbons (Fsp3) is 0.556. The van der Waals surface area contributed by atoms with E-state index in [1.165, 1.54) is 0 Å². The average molecular weight is 182 g/mol. The van der Waals surface area contributed by atoms with Gasteiger partial charge in [-0.25, -0.2) is 0 Å². The zero-order valence-electron chi connectivity index (χ0n) is 7.87. The van der Waals surface area contributed by atoms with Gasteiger partial charge >= 0.3 is 5.97 Å². The van der Waals surface area contributed by atoms with Gasteiger partial charge in [0.25, 0.3) is 0 Å². The van der Waals surface area contributed by atoms with Crippen LogP contribution < -0.4 is 0 Å². The Morgan fingerprint density at radius 1 is 1.77 bits per heavy atom. The van der Waals surface area contributed by atoms with Crippen molar-refractivity contribution >= 4 is 5.97 Å². The van der Waals surface area contributed by atoms with Crippen LogP contribution in [0.4, 0.5) is 0 Å². The van der Waals surface area contributed by atoms with E-state index in [0.717, 1.165) is 17.8 Å². The lowest BCUT2D eigenvalue weighted by atomic mass is 10.0. The molecule has 13 heavy (non-hydrogen) atoms. The van der Waals surface area contributed by atoms with Crippen LogP contribution in [0.15, 0.2) is 6.07 Å². The molecule has 2 N–H and O–H groups in total. The summed E-state index contributed by atoms with van der Waals surface area (Å²) in [6, 6.07) is 1.94. The maximum atomic E-state index is 10.5. The number of carboxylic acid groups (broad SMARTS) is 1. The zero-order valence-corrected chi connectivity index (χ0v) is 7.87. The van der Waals surface area contributed by atoms with Crippen molar-refractivity contribution in [3.8, 4) is 0 Å². The molecule has 4 heteroatoms. The maximum Gasteiger partial charge on any atom is 0.306 e. The van der Waals surface area contributed by atoms with Gasteiger partial charge in [-0.05, 0) is 25.8 Å². The smallest absolute Gasteiger partial charge is 0.306 e. The number of hydrogen-bond donors (Lipinski definition) is 2.